The van der Waals surface area contributed by atoms with Gasteiger partial charge in [-0.15, -0.1) is 11.3 Å². The van der Waals surface area contributed by atoms with E-state index < -0.39 is 0 Å². The minimum absolute atomic E-state index is 0.0790. The third kappa shape index (κ3) is 4.25. The number of aryl methyl sites for hydroxylation is 1. The summed E-state index contributed by atoms with van der Waals surface area (Å²) in [5.41, 5.74) is 1.95. The molecule has 1 N–H and O–H groups in total. The normalized spacial score (nSPS) is 24.5. The fraction of sp³-hybridized carbons (Fsp3) is 0.583. The molecule has 2 aliphatic rings. The molecule has 1 aliphatic carbocycles. The molecule has 6 nitrogen and oxygen atoms in total. The third-order valence-electron chi connectivity index (χ3n) is 7.20. The first-order chi connectivity index (χ1) is 14.8. The maximum Gasteiger partial charge on any atom is 0.270 e. The van der Waals surface area contributed by atoms with Gasteiger partial charge < -0.3 is 10.2 Å². The predicted molar refractivity (Wildman–Crippen MR) is 122 cm³/mol. The van der Waals surface area contributed by atoms with Crippen LogP contribution in [0.5, 0.6) is 0 Å². The fourth-order valence-electron chi connectivity index (χ4n) is 5.09. The quantitative estimate of drug-likeness (QED) is 0.651. The lowest BCUT2D eigenvalue weighted by atomic mass is 9.64. The van der Waals surface area contributed by atoms with Crippen LogP contribution in [0.4, 0.5) is 0 Å². The highest BCUT2D eigenvalue weighted by atomic mass is 32.1. The van der Waals surface area contributed by atoms with Crippen LogP contribution in [0.15, 0.2) is 23.7 Å². The molecule has 1 saturated carbocycles. The number of rotatable bonds is 8. The first kappa shape index (κ1) is 21.9. The smallest absolute Gasteiger partial charge is 0.270 e. The summed E-state index contributed by atoms with van der Waals surface area (Å²) >= 11 is 1.50. The second-order valence-electron chi connectivity index (χ2n) is 9.38. The molecule has 3 heterocycles. The first-order valence-electron chi connectivity index (χ1n) is 11.3. The second kappa shape index (κ2) is 8.69. The van der Waals surface area contributed by atoms with E-state index in [-0.39, 0.29) is 23.4 Å². The van der Waals surface area contributed by atoms with Crippen LogP contribution >= 0.6 is 11.3 Å². The number of pyridine rings is 1. The second-order valence-corrected chi connectivity index (χ2v) is 10.4. The number of aromatic nitrogens is 2. The van der Waals surface area contributed by atoms with Gasteiger partial charge in [0.2, 0.25) is 0 Å². The van der Waals surface area contributed by atoms with Crippen molar-refractivity contribution in [3.8, 4) is 0 Å². The van der Waals surface area contributed by atoms with Crippen molar-refractivity contribution in [2.75, 3.05) is 0 Å². The molecular formula is C24H32N4O2S. The van der Waals surface area contributed by atoms with Crippen molar-refractivity contribution in [1.29, 1.82) is 0 Å². The number of nitrogens with zero attached hydrogens (tertiary/aromatic N) is 3. The summed E-state index contributed by atoms with van der Waals surface area (Å²) in [7, 11) is 0. The number of hydrogen-bond acceptors (Lipinski definition) is 5. The zero-order chi connectivity index (χ0) is 22.2. The summed E-state index contributed by atoms with van der Waals surface area (Å²) in [4.78, 5) is 36.4. The van der Waals surface area contributed by atoms with E-state index in [1.54, 1.807) is 6.20 Å². The molecule has 1 aliphatic heterocycles. The zero-order valence-corrected chi connectivity index (χ0v) is 19.7. The summed E-state index contributed by atoms with van der Waals surface area (Å²) in [6, 6.07) is 3.90. The van der Waals surface area contributed by atoms with Crippen molar-refractivity contribution in [2.24, 2.45) is 11.8 Å². The van der Waals surface area contributed by atoms with E-state index in [1.807, 2.05) is 24.4 Å². The minimum atomic E-state index is -0.201. The highest BCUT2D eigenvalue weighted by Crippen LogP contribution is 2.44. The highest BCUT2D eigenvalue weighted by Gasteiger charge is 2.47. The van der Waals surface area contributed by atoms with Crippen molar-refractivity contribution >= 4 is 23.2 Å². The summed E-state index contributed by atoms with van der Waals surface area (Å²) in [6.07, 6.45) is 6.86. The Morgan fingerprint density at radius 2 is 2.23 bits per heavy atom. The summed E-state index contributed by atoms with van der Waals surface area (Å²) < 4.78 is 0. The van der Waals surface area contributed by atoms with Crippen LogP contribution in [0.2, 0.25) is 0 Å². The molecule has 2 aromatic heterocycles. The standard InChI is InChI=1S/C24H32N4O2S/c1-5-6-9-24(4,28-13-20-18(23(28)30)8-7-10-25-20)12-17-11-19(15(17)2)27-22(29)21-14-31-16(3)26-21/h7-8,10,14-15,17,19H,5-6,9,11-13H2,1-4H3,(H,27,29). The van der Waals surface area contributed by atoms with Crippen LogP contribution in [0, 0.1) is 18.8 Å². The van der Waals surface area contributed by atoms with Crippen molar-refractivity contribution < 1.29 is 9.59 Å². The molecule has 2 aromatic rings. The average Bonchev–Trinajstić information content (AvgIpc) is 3.35. The molecule has 4 unspecified atom stereocenters. The lowest BCUT2D eigenvalue weighted by Crippen LogP contribution is -2.56. The van der Waals surface area contributed by atoms with Crippen molar-refractivity contribution in [2.45, 2.75) is 77.9 Å². The summed E-state index contributed by atoms with van der Waals surface area (Å²) in [5, 5.41) is 5.88. The molecule has 4 atom stereocenters. The van der Waals surface area contributed by atoms with Gasteiger partial charge in [-0.2, -0.15) is 0 Å². The van der Waals surface area contributed by atoms with Gasteiger partial charge in [-0.25, -0.2) is 4.98 Å². The van der Waals surface area contributed by atoms with E-state index in [1.165, 1.54) is 11.3 Å². The van der Waals surface area contributed by atoms with E-state index >= 15 is 0 Å². The number of unbranched alkanes of at least 4 members (excludes halogenated alkanes) is 1. The lowest BCUT2D eigenvalue weighted by molar-refractivity contribution is 0.0169. The Labute approximate surface area is 188 Å². The van der Waals surface area contributed by atoms with E-state index in [9.17, 15) is 9.59 Å². The number of thiazole rings is 1. The molecular weight excluding hydrogens is 408 g/mol. The van der Waals surface area contributed by atoms with Gasteiger partial charge in [-0.3, -0.25) is 14.6 Å². The summed E-state index contributed by atoms with van der Waals surface area (Å²) in [6.45, 7) is 9.16. The Kier molecular flexibility index (Phi) is 6.15. The topological polar surface area (TPSA) is 75.2 Å². The van der Waals surface area contributed by atoms with Gasteiger partial charge in [-0.1, -0.05) is 26.7 Å². The number of hydrogen-bond donors (Lipinski definition) is 1. The molecule has 2 amide bonds. The van der Waals surface area contributed by atoms with Gasteiger partial charge in [0.25, 0.3) is 11.8 Å². The lowest BCUT2D eigenvalue weighted by Gasteiger charge is -2.49. The molecule has 0 radical (unpaired) electrons. The van der Waals surface area contributed by atoms with Crippen LogP contribution in [0.25, 0.3) is 0 Å². The van der Waals surface area contributed by atoms with Gasteiger partial charge in [0.1, 0.15) is 5.69 Å². The summed E-state index contributed by atoms with van der Waals surface area (Å²) in [5.74, 6) is 0.888. The maximum absolute atomic E-state index is 13.2. The average molecular weight is 441 g/mol. The number of fused-ring (bicyclic) bond motifs is 1. The Hall–Kier alpha value is -2.28. The van der Waals surface area contributed by atoms with E-state index in [2.05, 4.69) is 41.0 Å². The molecule has 1 fully saturated rings. The van der Waals surface area contributed by atoms with Crippen LogP contribution < -0.4 is 5.32 Å². The van der Waals surface area contributed by atoms with Gasteiger partial charge >= 0.3 is 0 Å². The molecule has 31 heavy (non-hydrogen) atoms. The van der Waals surface area contributed by atoms with Gasteiger partial charge in [0.05, 0.1) is 22.8 Å². The van der Waals surface area contributed by atoms with Crippen LogP contribution in [0.1, 0.15) is 84.4 Å². The van der Waals surface area contributed by atoms with Crippen molar-refractivity contribution in [1.82, 2.24) is 20.2 Å². The van der Waals surface area contributed by atoms with Crippen molar-refractivity contribution in [3.63, 3.8) is 0 Å². The Morgan fingerprint density at radius 3 is 2.87 bits per heavy atom. The minimum Gasteiger partial charge on any atom is -0.348 e. The Bertz CT molecular complexity index is 974. The Morgan fingerprint density at radius 1 is 1.42 bits per heavy atom. The molecule has 0 aromatic carbocycles. The molecule has 0 bridgehead atoms. The van der Waals surface area contributed by atoms with Crippen molar-refractivity contribution in [3.05, 3.63) is 45.7 Å². The maximum atomic E-state index is 13.2. The first-order valence-corrected chi connectivity index (χ1v) is 12.2. The highest BCUT2D eigenvalue weighted by molar-refractivity contribution is 7.09. The van der Waals surface area contributed by atoms with E-state index in [0.717, 1.165) is 48.4 Å². The molecule has 0 saturated heterocycles. The molecule has 166 valence electrons. The molecule has 4 rings (SSSR count). The number of nitrogens with one attached hydrogen (secondary N) is 1. The third-order valence-corrected chi connectivity index (χ3v) is 7.97. The molecule has 7 heteroatoms. The Balaban J connectivity index is 1.42. The monoisotopic (exact) mass is 440 g/mol. The number of carbonyl (C=O) groups is 2. The van der Waals surface area contributed by atoms with Crippen LogP contribution in [-0.4, -0.2) is 38.3 Å². The zero-order valence-electron chi connectivity index (χ0n) is 18.9. The largest absolute Gasteiger partial charge is 0.348 e. The van der Waals surface area contributed by atoms with Gasteiger partial charge in [-0.05, 0) is 57.1 Å². The SMILES string of the molecule is CCCCC(C)(CC1CC(NC(=O)c2csc(C)n2)C1C)N1Cc2ncccc2C1=O. The van der Waals surface area contributed by atoms with E-state index in [0.29, 0.717) is 24.1 Å². The fourth-order valence-corrected chi connectivity index (χ4v) is 5.68. The van der Waals surface area contributed by atoms with Gasteiger partial charge in [0.15, 0.2) is 0 Å². The van der Waals surface area contributed by atoms with Crippen LogP contribution in [0.3, 0.4) is 0 Å². The number of carbonyl (C=O) groups excluding carboxylic acids is 2. The van der Waals surface area contributed by atoms with Crippen LogP contribution in [-0.2, 0) is 6.54 Å². The van der Waals surface area contributed by atoms with Gasteiger partial charge in [0, 0.05) is 23.2 Å². The number of amides is 2. The predicted octanol–water partition coefficient (Wildman–Crippen LogP) is 4.60. The van der Waals surface area contributed by atoms with E-state index in [4.69, 9.17) is 0 Å². The molecule has 0 spiro atoms.